The third-order valence-corrected chi connectivity index (χ3v) is 3.90. The summed E-state index contributed by atoms with van der Waals surface area (Å²) in [6, 6.07) is 4.49. The van der Waals surface area contributed by atoms with Crippen molar-refractivity contribution < 1.29 is 4.79 Å². The second-order valence-electron chi connectivity index (χ2n) is 4.38. The first kappa shape index (κ1) is 15.4. The molecule has 0 bridgehead atoms. The predicted molar refractivity (Wildman–Crippen MR) is 77.3 cm³/mol. The summed E-state index contributed by atoms with van der Waals surface area (Å²) in [6.45, 7) is 6.21. The van der Waals surface area contributed by atoms with Crippen LogP contribution in [0.25, 0.3) is 0 Å². The van der Waals surface area contributed by atoms with Crippen LogP contribution in [-0.4, -0.2) is 43.0 Å². The first-order valence-electron chi connectivity index (χ1n) is 5.99. The summed E-state index contributed by atoms with van der Waals surface area (Å²) in [5.74, 6) is 0.118. The van der Waals surface area contributed by atoms with Crippen molar-refractivity contribution >= 4 is 29.7 Å². The van der Waals surface area contributed by atoms with E-state index in [4.69, 9.17) is 0 Å². The number of rotatable bonds is 4. The molecule has 0 aliphatic carbocycles. The summed E-state index contributed by atoms with van der Waals surface area (Å²) in [5.41, 5.74) is 0. The highest BCUT2D eigenvalue weighted by molar-refractivity contribution is 7.09. The Morgan fingerprint density at radius 1 is 1.67 bits per heavy atom. The standard InChI is InChI=1S/C12H19N3OS.ClH/c1-10-7-13-4-5-15(10)9-12(16)14-8-11-3-2-6-17-11;/h2-3,6,10,13H,4-5,7-9H2,1H3,(H,14,16);1H/t10-;/m1./s1. The molecule has 6 heteroatoms. The summed E-state index contributed by atoms with van der Waals surface area (Å²) in [6.07, 6.45) is 0. The van der Waals surface area contributed by atoms with Crippen molar-refractivity contribution in [2.24, 2.45) is 0 Å². The van der Waals surface area contributed by atoms with Crippen molar-refractivity contribution in [1.82, 2.24) is 15.5 Å². The lowest BCUT2D eigenvalue weighted by Crippen LogP contribution is -2.52. The number of hydrogen-bond acceptors (Lipinski definition) is 4. The van der Waals surface area contributed by atoms with Crippen LogP contribution < -0.4 is 10.6 Å². The average molecular weight is 290 g/mol. The van der Waals surface area contributed by atoms with E-state index in [-0.39, 0.29) is 18.3 Å². The lowest BCUT2D eigenvalue weighted by Gasteiger charge is -2.33. The number of amides is 1. The molecule has 2 N–H and O–H groups in total. The van der Waals surface area contributed by atoms with Gasteiger partial charge in [0.1, 0.15) is 0 Å². The number of halogens is 1. The molecule has 1 aliphatic heterocycles. The van der Waals surface area contributed by atoms with Crippen molar-refractivity contribution in [3.63, 3.8) is 0 Å². The van der Waals surface area contributed by atoms with E-state index in [2.05, 4.69) is 22.5 Å². The quantitative estimate of drug-likeness (QED) is 0.872. The van der Waals surface area contributed by atoms with E-state index in [0.717, 1.165) is 19.6 Å². The van der Waals surface area contributed by atoms with Gasteiger partial charge in [-0.15, -0.1) is 23.7 Å². The van der Waals surface area contributed by atoms with Gasteiger partial charge in [0.2, 0.25) is 5.91 Å². The highest BCUT2D eigenvalue weighted by atomic mass is 35.5. The predicted octanol–water partition coefficient (Wildman–Crippen LogP) is 1.08. The molecule has 1 saturated heterocycles. The molecule has 1 aromatic heterocycles. The van der Waals surface area contributed by atoms with Gasteiger partial charge in [0.15, 0.2) is 0 Å². The zero-order valence-electron chi connectivity index (χ0n) is 10.5. The van der Waals surface area contributed by atoms with Crippen molar-refractivity contribution in [2.45, 2.75) is 19.5 Å². The van der Waals surface area contributed by atoms with Gasteiger partial charge in [-0.05, 0) is 18.4 Å². The summed E-state index contributed by atoms with van der Waals surface area (Å²) in [4.78, 5) is 15.2. The molecule has 1 amide bonds. The van der Waals surface area contributed by atoms with E-state index in [0.29, 0.717) is 19.1 Å². The van der Waals surface area contributed by atoms with Crippen molar-refractivity contribution in [3.8, 4) is 0 Å². The minimum Gasteiger partial charge on any atom is -0.350 e. The number of carbonyl (C=O) groups is 1. The molecule has 0 unspecified atom stereocenters. The molecule has 0 saturated carbocycles. The number of carbonyl (C=O) groups excluding carboxylic acids is 1. The molecule has 2 rings (SSSR count). The maximum atomic E-state index is 11.8. The van der Waals surface area contributed by atoms with Gasteiger partial charge in [0, 0.05) is 30.6 Å². The summed E-state index contributed by atoms with van der Waals surface area (Å²) in [7, 11) is 0. The fourth-order valence-corrected chi connectivity index (χ4v) is 2.60. The molecule has 2 heterocycles. The monoisotopic (exact) mass is 289 g/mol. The van der Waals surface area contributed by atoms with Crippen LogP contribution in [-0.2, 0) is 11.3 Å². The van der Waals surface area contributed by atoms with E-state index in [9.17, 15) is 4.79 Å². The summed E-state index contributed by atoms with van der Waals surface area (Å²) < 4.78 is 0. The maximum Gasteiger partial charge on any atom is 0.234 e. The smallest absolute Gasteiger partial charge is 0.234 e. The molecule has 0 spiro atoms. The van der Waals surface area contributed by atoms with Gasteiger partial charge < -0.3 is 10.6 Å². The third-order valence-electron chi connectivity index (χ3n) is 3.03. The topological polar surface area (TPSA) is 44.4 Å². The Labute approximate surface area is 118 Å². The van der Waals surface area contributed by atoms with Crippen molar-refractivity contribution in [3.05, 3.63) is 22.4 Å². The number of nitrogens with one attached hydrogen (secondary N) is 2. The number of thiophene rings is 1. The Kier molecular flexibility index (Phi) is 6.63. The van der Waals surface area contributed by atoms with Crippen LogP contribution in [0.2, 0.25) is 0 Å². The van der Waals surface area contributed by atoms with Crippen molar-refractivity contribution in [1.29, 1.82) is 0 Å². The molecular weight excluding hydrogens is 270 g/mol. The Hall–Kier alpha value is -0.620. The van der Waals surface area contributed by atoms with Gasteiger partial charge >= 0.3 is 0 Å². The number of nitrogens with zero attached hydrogens (tertiary/aromatic N) is 1. The van der Waals surface area contributed by atoms with Crippen LogP contribution >= 0.6 is 23.7 Å². The van der Waals surface area contributed by atoms with Gasteiger partial charge in [-0.1, -0.05) is 6.07 Å². The van der Waals surface area contributed by atoms with Crippen LogP contribution in [0, 0.1) is 0 Å². The van der Waals surface area contributed by atoms with Gasteiger partial charge in [-0.3, -0.25) is 9.69 Å². The maximum absolute atomic E-state index is 11.8. The number of hydrogen-bond donors (Lipinski definition) is 2. The lowest BCUT2D eigenvalue weighted by atomic mass is 10.2. The second-order valence-corrected chi connectivity index (χ2v) is 5.41. The number of piperazine rings is 1. The van der Waals surface area contributed by atoms with E-state index >= 15 is 0 Å². The van der Waals surface area contributed by atoms with Crippen LogP contribution in [0.4, 0.5) is 0 Å². The van der Waals surface area contributed by atoms with Crippen LogP contribution in [0.1, 0.15) is 11.8 Å². The van der Waals surface area contributed by atoms with Gasteiger partial charge in [0.25, 0.3) is 0 Å². The third kappa shape index (κ3) is 4.57. The molecule has 18 heavy (non-hydrogen) atoms. The Morgan fingerprint density at radius 3 is 3.17 bits per heavy atom. The molecule has 1 aromatic rings. The Balaban J connectivity index is 0.00000162. The Morgan fingerprint density at radius 2 is 2.50 bits per heavy atom. The molecule has 0 radical (unpaired) electrons. The highest BCUT2D eigenvalue weighted by Crippen LogP contribution is 2.07. The summed E-state index contributed by atoms with van der Waals surface area (Å²) >= 11 is 1.67. The molecule has 1 atom stereocenters. The van der Waals surface area contributed by atoms with Crippen LogP contribution in [0.15, 0.2) is 17.5 Å². The zero-order valence-corrected chi connectivity index (χ0v) is 12.1. The van der Waals surface area contributed by atoms with E-state index in [1.807, 2.05) is 17.5 Å². The van der Waals surface area contributed by atoms with Gasteiger partial charge in [-0.25, -0.2) is 0 Å². The second kappa shape index (κ2) is 7.74. The van der Waals surface area contributed by atoms with Gasteiger partial charge in [0.05, 0.1) is 13.1 Å². The molecule has 102 valence electrons. The summed E-state index contributed by atoms with van der Waals surface area (Å²) in [5, 5.41) is 8.31. The Bertz CT molecular complexity index is 358. The minimum absolute atomic E-state index is 0. The first-order chi connectivity index (χ1) is 8.25. The fraction of sp³-hybridized carbons (Fsp3) is 0.583. The largest absolute Gasteiger partial charge is 0.350 e. The van der Waals surface area contributed by atoms with Crippen molar-refractivity contribution in [2.75, 3.05) is 26.2 Å². The molecule has 1 aliphatic rings. The fourth-order valence-electron chi connectivity index (χ4n) is 1.96. The first-order valence-corrected chi connectivity index (χ1v) is 6.87. The zero-order chi connectivity index (χ0) is 12.1. The van der Waals surface area contributed by atoms with E-state index < -0.39 is 0 Å². The van der Waals surface area contributed by atoms with Gasteiger partial charge in [-0.2, -0.15) is 0 Å². The van der Waals surface area contributed by atoms with Crippen LogP contribution in [0.3, 0.4) is 0 Å². The average Bonchev–Trinajstić information content (AvgIpc) is 2.82. The molecular formula is C12H20ClN3OS. The lowest BCUT2D eigenvalue weighted by molar-refractivity contribution is -0.123. The molecule has 1 fully saturated rings. The van der Waals surface area contributed by atoms with E-state index in [1.165, 1.54) is 4.88 Å². The normalized spacial score (nSPS) is 20.2. The minimum atomic E-state index is 0. The molecule has 4 nitrogen and oxygen atoms in total. The van der Waals surface area contributed by atoms with Crippen LogP contribution in [0.5, 0.6) is 0 Å². The molecule has 0 aromatic carbocycles. The SMILES string of the molecule is C[C@@H]1CNCCN1CC(=O)NCc1cccs1.Cl. The highest BCUT2D eigenvalue weighted by Gasteiger charge is 2.19. The van der Waals surface area contributed by atoms with E-state index in [1.54, 1.807) is 11.3 Å².